The molecule has 1 N–H and O–H groups in total. The van der Waals surface area contributed by atoms with E-state index < -0.39 is 12.1 Å². The van der Waals surface area contributed by atoms with E-state index in [1.165, 1.54) is 38.5 Å². The predicted molar refractivity (Wildman–Crippen MR) is 84.3 cm³/mol. The third-order valence-electron chi connectivity index (χ3n) is 3.34. The Labute approximate surface area is 128 Å². The molecule has 0 atom stereocenters. The smallest absolute Gasteiger partial charge is 0.449 e. The zero-order valence-electron chi connectivity index (χ0n) is 13.3. The molecule has 0 aliphatic rings. The number of hydrogen-bond acceptors (Lipinski definition) is 3. The number of esters is 1. The summed E-state index contributed by atoms with van der Waals surface area (Å²) in [6, 6.07) is 0. The Morgan fingerprint density at radius 1 is 0.857 bits per heavy atom. The van der Waals surface area contributed by atoms with E-state index in [9.17, 15) is 9.59 Å². The van der Waals surface area contributed by atoms with Crippen LogP contribution in [0.25, 0.3) is 0 Å². The van der Waals surface area contributed by atoms with Crippen molar-refractivity contribution >= 4 is 12.1 Å². The van der Waals surface area contributed by atoms with Crippen LogP contribution in [0.15, 0.2) is 12.2 Å². The fourth-order valence-corrected chi connectivity index (χ4v) is 2.13. The van der Waals surface area contributed by atoms with Gasteiger partial charge in [0.1, 0.15) is 0 Å². The molecule has 0 aromatic carbocycles. The Kier molecular flexibility index (Phi) is 14.1. The molecule has 4 nitrogen and oxygen atoms in total. The minimum Gasteiger partial charge on any atom is -0.449 e. The van der Waals surface area contributed by atoms with Gasteiger partial charge in [-0.15, -0.1) is 0 Å². The van der Waals surface area contributed by atoms with Crippen LogP contribution in [-0.4, -0.2) is 17.2 Å². The lowest BCUT2D eigenvalue weighted by molar-refractivity contribution is -0.139. The highest BCUT2D eigenvalue weighted by Gasteiger charge is 2.06. The van der Waals surface area contributed by atoms with E-state index in [0.717, 1.165) is 25.7 Å². The number of unbranched alkanes of at least 4 members (excludes halogenated alkanes) is 9. The number of rotatable bonds is 13. The van der Waals surface area contributed by atoms with E-state index in [1.54, 1.807) is 0 Å². The summed E-state index contributed by atoms with van der Waals surface area (Å²) in [6.07, 6.45) is 16.0. The maximum atomic E-state index is 10.9. The molecule has 0 radical (unpaired) electrons. The Bertz CT molecular complexity index is 297. The molecule has 0 amide bonds. The molecule has 0 bridgehead atoms. The molecule has 0 aromatic heterocycles. The number of hydrogen-bond donors (Lipinski definition) is 1. The predicted octanol–water partition coefficient (Wildman–Crippen LogP) is 5.46. The van der Waals surface area contributed by atoms with Gasteiger partial charge in [0.2, 0.25) is 0 Å². The van der Waals surface area contributed by atoms with Crippen LogP contribution in [-0.2, 0) is 9.53 Å². The quantitative estimate of drug-likeness (QED) is 0.212. The van der Waals surface area contributed by atoms with Gasteiger partial charge in [0.25, 0.3) is 0 Å². The van der Waals surface area contributed by atoms with Crippen molar-refractivity contribution in [2.24, 2.45) is 0 Å². The lowest BCUT2D eigenvalue weighted by atomic mass is 10.1. The molecule has 0 rings (SSSR count). The van der Waals surface area contributed by atoms with Crippen molar-refractivity contribution in [1.29, 1.82) is 0 Å². The summed E-state index contributed by atoms with van der Waals surface area (Å²) in [7, 11) is 0. The normalized spacial score (nSPS) is 10.9. The minimum atomic E-state index is -1.51. The van der Waals surface area contributed by atoms with Gasteiger partial charge in [-0.2, -0.15) is 0 Å². The second-order valence-corrected chi connectivity index (χ2v) is 5.37. The zero-order chi connectivity index (χ0) is 15.8. The summed E-state index contributed by atoms with van der Waals surface area (Å²) < 4.78 is 4.03. The Morgan fingerprint density at radius 2 is 1.38 bits per heavy atom. The maximum Gasteiger partial charge on any atom is 0.513 e. The summed E-state index contributed by atoms with van der Waals surface area (Å²) in [6.45, 7) is 2.23. The summed E-state index contributed by atoms with van der Waals surface area (Å²) in [5.41, 5.74) is 0. The summed E-state index contributed by atoms with van der Waals surface area (Å²) in [5, 5.41) is 8.24. The molecule has 0 aliphatic carbocycles. The van der Waals surface area contributed by atoms with Crippen LogP contribution in [0.3, 0.4) is 0 Å². The van der Waals surface area contributed by atoms with E-state index in [2.05, 4.69) is 23.8 Å². The van der Waals surface area contributed by atoms with E-state index in [4.69, 9.17) is 5.11 Å². The minimum absolute atomic E-state index is 0.198. The fourth-order valence-electron chi connectivity index (χ4n) is 2.13. The second kappa shape index (κ2) is 15.1. The zero-order valence-corrected chi connectivity index (χ0v) is 13.3. The Hall–Kier alpha value is -1.32. The van der Waals surface area contributed by atoms with Crippen molar-refractivity contribution in [1.82, 2.24) is 0 Å². The first-order valence-electron chi connectivity index (χ1n) is 8.25. The largest absolute Gasteiger partial charge is 0.513 e. The molecule has 0 saturated heterocycles. The molecule has 4 heteroatoms. The number of carbonyl (C=O) groups excluding carboxylic acids is 1. The number of carbonyl (C=O) groups is 2. The fraction of sp³-hybridized carbons (Fsp3) is 0.765. The van der Waals surface area contributed by atoms with Gasteiger partial charge in [0.05, 0.1) is 0 Å². The second-order valence-electron chi connectivity index (χ2n) is 5.37. The molecular formula is C17H30O4. The van der Waals surface area contributed by atoms with Gasteiger partial charge in [0, 0.05) is 6.42 Å². The third kappa shape index (κ3) is 16.6. The SMILES string of the molecule is CCCCCC/C=C\CCCCCCCC(=O)OC(=O)O. The first-order valence-corrected chi connectivity index (χ1v) is 8.25. The standard InChI is InChI=1S/C17H30O4/c1-2-3-4-5-6-7-8-9-10-11-12-13-14-15-16(18)21-17(19)20/h7-8H,2-6,9-15H2,1H3,(H,19,20)/b8-7-. The highest BCUT2D eigenvalue weighted by molar-refractivity contribution is 5.80. The number of allylic oxidation sites excluding steroid dienone is 2. The van der Waals surface area contributed by atoms with Crippen LogP contribution < -0.4 is 0 Å². The molecule has 0 saturated carbocycles. The van der Waals surface area contributed by atoms with Crippen molar-refractivity contribution < 1.29 is 19.4 Å². The topological polar surface area (TPSA) is 63.6 Å². The highest BCUT2D eigenvalue weighted by atomic mass is 16.7. The van der Waals surface area contributed by atoms with Crippen LogP contribution >= 0.6 is 0 Å². The van der Waals surface area contributed by atoms with Crippen molar-refractivity contribution in [3.8, 4) is 0 Å². The molecule has 0 unspecified atom stereocenters. The summed E-state index contributed by atoms with van der Waals surface area (Å²) >= 11 is 0. The monoisotopic (exact) mass is 298 g/mol. The molecule has 122 valence electrons. The van der Waals surface area contributed by atoms with Gasteiger partial charge < -0.3 is 9.84 Å². The van der Waals surface area contributed by atoms with Gasteiger partial charge in [-0.3, -0.25) is 4.79 Å². The molecule has 21 heavy (non-hydrogen) atoms. The van der Waals surface area contributed by atoms with Crippen LogP contribution in [0.2, 0.25) is 0 Å². The first kappa shape index (κ1) is 19.7. The van der Waals surface area contributed by atoms with Crippen LogP contribution in [0.1, 0.15) is 84.0 Å². The maximum absolute atomic E-state index is 10.9. The Morgan fingerprint density at radius 3 is 1.95 bits per heavy atom. The highest BCUT2D eigenvalue weighted by Crippen LogP contribution is 2.09. The van der Waals surface area contributed by atoms with E-state index in [0.29, 0.717) is 6.42 Å². The van der Waals surface area contributed by atoms with Crippen molar-refractivity contribution in [2.45, 2.75) is 84.0 Å². The number of carboxylic acid groups (broad SMARTS) is 1. The molecule has 0 aliphatic heterocycles. The van der Waals surface area contributed by atoms with E-state index in [-0.39, 0.29) is 6.42 Å². The lowest BCUT2D eigenvalue weighted by Crippen LogP contribution is -2.09. The van der Waals surface area contributed by atoms with Crippen molar-refractivity contribution in [3.05, 3.63) is 12.2 Å². The van der Waals surface area contributed by atoms with Gasteiger partial charge in [-0.25, -0.2) is 4.79 Å². The van der Waals surface area contributed by atoms with Crippen molar-refractivity contribution in [3.63, 3.8) is 0 Å². The molecule has 0 fully saturated rings. The summed E-state index contributed by atoms with van der Waals surface area (Å²) in [4.78, 5) is 21.0. The van der Waals surface area contributed by atoms with Crippen LogP contribution in [0, 0.1) is 0 Å². The molecule has 0 aromatic rings. The van der Waals surface area contributed by atoms with Crippen LogP contribution in [0.5, 0.6) is 0 Å². The van der Waals surface area contributed by atoms with Gasteiger partial charge in [0.15, 0.2) is 0 Å². The van der Waals surface area contributed by atoms with E-state index in [1.807, 2.05) is 0 Å². The third-order valence-corrected chi connectivity index (χ3v) is 3.34. The van der Waals surface area contributed by atoms with E-state index >= 15 is 0 Å². The average Bonchev–Trinajstić information content (AvgIpc) is 2.43. The summed E-state index contributed by atoms with van der Waals surface area (Å²) in [5.74, 6) is -0.645. The van der Waals surface area contributed by atoms with Crippen LogP contribution in [0.4, 0.5) is 4.79 Å². The molecule has 0 spiro atoms. The van der Waals surface area contributed by atoms with Gasteiger partial charge >= 0.3 is 12.1 Å². The first-order chi connectivity index (χ1) is 10.2. The Balaban J connectivity index is 3.20. The number of ether oxygens (including phenoxy) is 1. The average molecular weight is 298 g/mol. The van der Waals surface area contributed by atoms with Gasteiger partial charge in [-0.05, 0) is 32.1 Å². The molecular weight excluding hydrogens is 268 g/mol. The lowest BCUT2D eigenvalue weighted by Gasteiger charge is -2.00. The molecule has 0 heterocycles. The van der Waals surface area contributed by atoms with Crippen molar-refractivity contribution in [2.75, 3.05) is 0 Å². The van der Waals surface area contributed by atoms with Gasteiger partial charge in [-0.1, -0.05) is 57.6 Å².